The minimum absolute atomic E-state index is 0.764. The highest BCUT2D eigenvalue weighted by Gasteiger charge is 2.20. The Hall–Kier alpha value is -1.51. The molecule has 1 aromatic rings. The lowest BCUT2D eigenvalue weighted by atomic mass is 10.1. The van der Waals surface area contributed by atoms with Gasteiger partial charge in [0.15, 0.2) is 0 Å². The van der Waals surface area contributed by atoms with Crippen LogP contribution in [0, 0.1) is 5.92 Å². The van der Waals surface area contributed by atoms with E-state index in [1.807, 2.05) is 19.1 Å². The van der Waals surface area contributed by atoms with Crippen LogP contribution in [0.4, 0.5) is 0 Å². The minimum atomic E-state index is 0.764. The molecule has 2 rings (SSSR count). The van der Waals surface area contributed by atoms with Crippen LogP contribution in [0.15, 0.2) is 29.4 Å². The molecule has 0 amide bonds. The van der Waals surface area contributed by atoms with Crippen LogP contribution in [-0.2, 0) is 6.42 Å². The summed E-state index contributed by atoms with van der Waals surface area (Å²) < 4.78 is 5.69. The maximum atomic E-state index is 8.57. The monoisotopic (exact) mass is 247 g/mol. The van der Waals surface area contributed by atoms with Gasteiger partial charge in [0.2, 0.25) is 0 Å². The van der Waals surface area contributed by atoms with Gasteiger partial charge >= 0.3 is 0 Å². The van der Waals surface area contributed by atoms with Gasteiger partial charge in [0.25, 0.3) is 0 Å². The second-order valence-electron chi connectivity index (χ2n) is 5.06. The number of oxime groups is 1. The largest absolute Gasteiger partial charge is 0.494 e. The van der Waals surface area contributed by atoms with Gasteiger partial charge in [-0.1, -0.05) is 30.1 Å². The normalized spacial score (nSPS) is 15.7. The number of hydrogen-bond acceptors (Lipinski definition) is 3. The first kappa shape index (κ1) is 12.9. The molecule has 98 valence electrons. The molecule has 0 atom stereocenters. The van der Waals surface area contributed by atoms with Gasteiger partial charge in [-0.2, -0.15) is 0 Å². The van der Waals surface area contributed by atoms with Gasteiger partial charge in [0, 0.05) is 0 Å². The van der Waals surface area contributed by atoms with E-state index in [1.165, 1.54) is 24.8 Å². The molecule has 0 bridgehead atoms. The van der Waals surface area contributed by atoms with Crippen molar-refractivity contribution < 1.29 is 9.94 Å². The summed E-state index contributed by atoms with van der Waals surface area (Å²) in [6.45, 7) is 2.66. The molecule has 1 fully saturated rings. The summed E-state index contributed by atoms with van der Waals surface area (Å²) in [4.78, 5) is 0. The van der Waals surface area contributed by atoms with Crippen molar-refractivity contribution in [1.82, 2.24) is 0 Å². The Morgan fingerprint density at radius 1 is 1.33 bits per heavy atom. The molecule has 3 nitrogen and oxygen atoms in total. The van der Waals surface area contributed by atoms with Gasteiger partial charge in [-0.05, 0) is 49.8 Å². The molecule has 0 radical (unpaired) electrons. The summed E-state index contributed by atoms with van der Waals surface area (Å²) in [6.07, 6.45) is 5.65. The second kappa shape index (κ2) is 6.43. The molecule has 1 aliphatic carbocycles. The van der Waals surface area contributed by atoms with E-state index >= 15 is 0 Å². The Morgan fingerprint density at radius 2 is 2.06 bits per heavy atom. The number of rotatable bonds is 7. The van der Waals surface area contributed by atoms with E-state index in [1.54, 1.807) is 0 Å². The Morgan fingerprint density at radius 3 is 2.67 bits per heavy atom. The molecule has 18 heavy (non-hydrogen) atoms. The number of nitrogens with zero attached hydrogens (tertiary/aromatic N) is 1. The van der Waals surface area contributed by atoms with Crippen LogP contribution in [0.5, 0.6) is 5.75 Å². The number of aryl methyl sites for hydroxylation is 1. The average Bonchev–Trinajstić information content (AvgIpc) is 3.21. The highest BCUT2D eigenvalue weighted by atomic mass is 16.5. The first-order valence-corrected chi connectivity index (χ1v) is 6.67. The highest BCUT2D eigenvalue weighted by Crippen LogP contribution is 2.32. The zero-order valence-corrected chi connectivity index (χ0v) is 10.9. The van der Waals surface area contributed by atoms with E-state index in [-0.39, 0.29) is 0 Å². The average molecular weight is 247 g/mol. The minimum Gasteiger partial charge on any atom is -0.494 e. The van der Waals surface area contributed by atoms with E-state index in [4.69, 9.17) is 9.94 Å². The van der Waals surface area contributed by atoms with E-state index in [0.717, 1.165) is 36.8 Å². The maximum Gasteiger partial charge on any atom is 0.119 e. The lowest BCUT2D eigenvalue weighted by Crippen LogP contribution is -1.99. The fourth-order valence-corrected chi connectivity index (χ4v) is 1.88. The van der Waals surface area contributed by atoms with Gasteiger partial charge in [-0.15, -0.1) is 0 Å². The highest BCUT2D eigenvalue weighted by molar-refractivity contribution is 5.81. The third kappa shape index (κ3) is 4.40. The Kier molecular flexibility index (Phi) is 4.62. The third-order valence-electron chi connectivity index (χ3n) is 3.36. The van der Waals surface area contributed by atoms with Crippen LogP contribution >= 0.6 is 0 Å². The van der Waals surface area contributed by atoms with E-state index in [2.05, 4.69) is 17.3 Å². The van der Waals surface area contributed by atoms with Crippen molar-refractivity contribution >= 4 is 5.71 Å². The zero-order valence-electron chi connectivity index (χ0n) is 10.9. The Balaban J connectivity index is 1.73. The molecule has 3 heteroatoms. The fourth-order valence-electron chi connectivity index (χ4n) is 1.88. The molecule has 1 saturated carbocycles. The van der Waals surface area contributed by atoms with Crippen molar-refractivity contribution in [2.24, 2.45) is 11.1 Å². The van der Waals surface area contributed by atoms with E-state index in [0.29, 0.717) is 0 Å². The summed E-state index contributed by atoms with van der Waals surface area (Å²) in [5.74, 6) is 1.87. The topological polar surface area (TPSA) is 41.8 Å². The van der Waals surface area contributed by atoms with E-state index < -0.39 is 0 Å². The SMILES string of the molecule is CC(CCc1ccc(OCCC2CC2)cc1)=NO. The summed E-state index contributed by atoms with van der Waals surface area (Å²) in [7, 11) is 0. The van der Waals surface area contributed by atoms with E-state index in [9.17, 15) is 0 Å². The number of hydrogen-bond donors (Lipinski definition) is 1. The molecule has 0 saturated heterocycles. The van der Waals surface area contributed by atoms with Gasteiger partial charge in [0.1, 0.15) is 5.75 Å². The smallest absolute Gasteiger partial charge is 0.119 e. The van der Waals surface area contributed by atoms with Crippen molar-refractivity contribution in [2.75, 3.05) is 6.61 Å². The molecule has 0 spiro atoms. The van der Waals surface area contributed by atoms with Crippen molar-refractivity contribution in [3.05, 3.63) is 29.8 Å². The van der Waals surface area contributed by atoms with Gasteiger partial charge < -0.3 is 9.94 Å². The zero-order chi connectivity index (χ0) is 12.8. The molecular formula is C15H21NO2. The van der Waals surface area contributed by atoms with Crippen LogP contribution in [0.1, 0.15) is 38.2 Å². The van der Waals surface area contributed by atoms with Crippen LogP contribution < -0.4 is 4.74 Å². The van der Waals surface area contributed by atoms with Crippen molar-refractivity contribution in [2.45, 2.75) is 39.0 Å². The van der Waals surface area contributed by atoms with Crippen LogP contribution in [0.25, 0.3) is 0 Å². The van der Waals surface area contributed by atoms with Crippen LogP contribution in [0.3, 0.4) is 0 Å². The molecule has 1 aromatic carbocycles. The predicted octanol–water partition coefficient (Wildman–Crippen LogP) is 3.65. The lowest BCUT2D eigenvalue weighted by molar-refractivity contribution is 0.302. The summed E-state index contributed by atoms with van der Waals surface area (Å²) in [5.41, 5.74) is 2.01. The van der Waals surface area contributed by atoms with Crippen LogP contribution in [-0.4, -0.2) is 17.5 Å². The molecule has 0 aliphatic heterocycles. The second-order valence-corrected chi connectivity index (χ2v) is 5.06. The quantitative estimate of drug-likeness (QED) is 0.454. The first-order valence-electron chi connectivity index (χ1n) is 6.67. The molecule has 0 unspecified atom stereocenters. The lowest BCUT2D eigenvalue weighted by Gasteiger charge is -2.06. The summed E-state index contributed by atoms with van der Waals surface area (Å²) >= 11 is 0. The van der Waals surface area contributed by atoms with Gasteiger partial charge in [-0.3, -0.25) is 0 Å². The first-order chi connectivity index (χ1) is 8.78. The van der Waals surface area contributed by atoms with Gasteiger partial charge in [0.05, 0.1) is 12.3 Å². The third-order valence-corrected chi connectivity index (χ3v) is 3.36. The molecule has 1 aliphatic rings. The molecular weight excluding hydrogens is 226 g/mol. The Labute approximate surface area is 108 Å². The number of benzene rings is 1. The maximum absolute atomic E-state index is 8.57. The number of ether oxygens (including phenoxy) is 1. The van der Waals surface area contributed by atoms with Crippen molar-refractivity contribution in [3.63, 3.8) is 0 Å². The molecule has 0 heterocycles. The molecule has 1 N–H and O–H groups in total. The standard InChI is InChI=1S/C15H21NO2/c1-12(16-17)2-3-13-6-8-15(9-7-13)18-11-10-14-4-5-14/h6-9,14,17H,2-5,10-11H2,1H3. The summed E-state index contributed by atoms with van der Waals surface area (Å²) in [5, 5.41) is 11.7. The summed E-state index contributed by atoms with van der Waals surface area (Å²) in [6, 6.07) is 8.20. The Bertz CT molecular complexity index is 393. The van der Waals surface area contributed by atoms with Crippen molar-refractivity contribution in [3.8, 4) is 5.75 Å². The molecule has 0 aromatic heterocycles. The van der Waals surface area contributed by atoms with Crippen LogP contribution in [0.2, 0.25) is 0 Å². The van der Waals surface area contributed by atoms with Crippen molar-refractivity contribution in [1.29, 1.82) is 0 Å². The van der Waals surface area contributed by atoms with Gasteiger partial charge in [-0.25, -0.2) is 0 Å². The fraction of sp³-hybridized carbons (Fsp3) is 0.533. The predicted molar refractivity (Wildman–Crippen MR) is 72.5 cm³/mol.